The number of nitrogens with one attached hydrogen (secondary N) is 2. The van der Waals surface area contributed by atoms with Gasteiger partial charge in [0.1, 0.15) is 46.6 Å². The first-order valence-electron chi connectivity index (χ1n) is 20.3. The van der Waals surface area contributed by atoms with Gasteiger partial charge in [0.2, 0.25) is 15.9 Å². The zero-order chi connectivity index (χ0) is 48.1. The predicted molar refractivity (Wildman–Crippen MR) is 223 cm³/mol. The first-order valence-corrected chi connectivity index (χ1v) is 23.8. The number of amides is 1. The van der Waals surface area contributed by atoms with Gasteiger partial charge in [-0.05, 0) is 94.2 Å². The fourth-order valence-corrected chi connectivity index (χ4v) is 10.9. The fourth-order valence-electron chi connectivity index (χ4n) is 8.33. The van der Waals surface area contributed by atoms with Gasteiger partial charge in [0.15, 0.2) is 15.7 Å². The highest BCUT2D eigenvalue weighted by Gasteiger charge is 2.67. The lowest BCUT2D eigenvalue weighted by molar-refractivity contribution is -0.141. The Hall–Kier alpha value is -5.34. The molecule has 2 N–H and O–H groups in total. The van der Waals surface area contributed by atoms with Crippen molar-refractivity contribution in [2.24, 2.45) is 5.92 Å². The zero-order valence-electron chi connectivity index (χ0n) is 34.8. The van der Waals surface area contributed by atoms with Gasteiger partial charge in [-0.25, -0.2) is 39.4 Å². The van der Waals surface area contributed by atoms with Gasteiger partial charge in [0, 0.05) is 28.7 Å². The quantitative estimate of drug-likeness (QED) is 0.0829. The molecular weight excluding hydrogens is 953 g/mol. The van der Waals surface area contributed by atoms with Crippen LogP contribution in [0.2, 0.25) is 5.02 Å². The molecule has 0 spiro atoms. The Bertz CT molecular complexity index is 3090. The number of carbonyl (C=O) groups is 1. The second-order valence-electron chi connectivity index (χ2n) is 16.9. The molecule has 3 aliphatic carbocycles. The van der Waals surface area contributed by atoms with E-state index in [9.17, 15) is 52.4 Å². The third-order valence-corrected chi connectivity index (χ3v) is 16.1. The molecule has 8 rings (SSSR count). The van der Waals surface area contributed by atoms with Gasteiger partial charge in [0.05, 0.1) is 38.7 Å². The summed E-state index contributed by atoms with van der Waals surface area (Å²) in [5, 5.41) is 9.00. The number of fused-ring (bicyclic) bond motifs is 4. The molecule has 3 aliphatic rings. The van der Waals surface area contributed by atoms with Gasteiger partial charge < -0.3 is 5.32 Å². The van der Waals surface area contributed by atoms with Crippen molar-refractivity contribution in [2.75, 3.05) is 10.5 Å². The van der Waals surface area contributed by atoms with Crippen molar-refractivity contribution < 1.29 is 61.1 Å². The van der Waals surface area contributed by atoms with Crippen LogP contribution in [0.4, 0.5) is 45.3 Å². The van der Waals surface area contributed by atoms with Gasteiger partial charge in [-0.3, -0.25) is 18.9 Å². The third-order valence-electron chi connectivity index (χ3n) is 11.7. The normalized spacial score (nSPS) is 18.5. The Labute approximate surface area is 376 Å². The summed E-state index contributed by atoms with van der Waals surface area (Å²) < 4.78 is 185. The van der Waals surface area contributed by atoms with Crippen LogP contribution in [0, 0.1) is 29.4 Å². The Balaban J connectivity index is 1.33. The smallest absolute Gasteiger partial charge is 0.346 e. The minimum absolute atomic E-state index is 0.0624. The first-order chi connectivity index (χ1) is 30.7. The molecule has 3 aromatic heterocycles. The van der Waals surface area contributed by atoms with Crippen molar-refractivity contribution in [1.29, 1.82) is 0 Å². The van der Waals surface area contributed by atoms with Crippen molar-refractivity contribution in [3.05, 3.63) is 93.0 Å². The largest absolute Gasteiger partial charge is 0.408 e. The zero-order valence-corrected chi connectivity index (χ0v) is 37.1. The maximum atomic E-state index is 15.5. The van der Waals surface area contributed by atoms with Crippen LogP contribution in [0.3, 0.4) is 0 Å². The minimum Gasteiger partial charge on any atom is -0.346 e. The number of hydrogen-bond acceptors (Lipinski definition) is 8. The van der Waals surface area contributed by atoms with E-state index in [1.807, 2.05) is 0 Å². The maximum absolute atomic E-state index is 15.5. The van der Waals surface area contributed by atoms with E-state index in [-0.39, 0.29) is 50.5 Å². The molecule has 3 heterocycles. The molecule has 0 aliphatic heterocycles. The summed E-state index contributed by atoms with van der Waals surface area (Å²) in [7, 11) is -7.97. The lowest BCUT2D eigenvalue weighted by Gasteiger charge is -2.23. The average Bonchev–Trinajstić information content (AvgIpc) is 4.13. The number of aromatic nitrogens is 5. The summed E-state index contributed by atoms with van der Waals surface area (Å²) in [6.45, 7) is 1.15. The van der Waals surface area contributed by atoms with Crippen LogP contribution >= 0.6 is 11.6 Å². The molecule has 1 amide bonds. The number of nitrogens with zero attached hydrogens (tertiary/aromatic N) is 5. The van der Waals surface area contributed by atoms with Crippen LogP contribution in [-0.2, 0) is 50.1 Å². The van der Waals surface area contributed by atoms with Gasteiger partial charge in [-0.15, -0.1) is 0 Å². The number of halogens is 10. The predicted octanol–water partition coefficient (Wildman–Crippen LogP) is 8.50. The number of benzene rings is 2. The number of sulfone groups is 1. The first kappa shape index (κ1) is 47.2. The number of rotatable bonds is 14. The Morgan fingerprint density at radius 2 is 1.64 bits per heavy atom. The molecule has 2 fully saturated rings. The molecule has 352 valence electrons. The SMILES string of the molecule is CCS(=O)(=O)Nc1nn(CC(F)(F)F)c2c(-c3ccc(C#CC(C)(C)S(=O)(=O)C4CC4)nc3[C@H](Cc3cc(F)cc(F)c3)NC(=O)Cn3nc(C(F)F)c4c3C(F)(F)[C@@H]3C[C@H]43)ccc(Cl)c12. The highest BCUT2D eigenvalue weighted by molar-refractivity contribution is 7.94. The molecular formula is C42H37ClF9N7O5S2. The van der Waals surface area contributed by atoms with Crippen LogP contribution in [0.1, 0.15) is 92.3 Å². The lowest BCUT2D eigenvalue weighted by atomic mass is 9.93. The van der Waals surface area contributed by atoms with E-state index < -0.39 is 132 Å². The molecule has 0 radical (unpaired) electrons. The molecule has 2 aromatic carbocycles. The Morgan fingerprint density at radius 3 is 2.26 bits per heavy atom. The van der Waals surface area contributed by atoms with E-state index in [4.69, 9.17) is 11.6 Å². The Morgan fingerprint density at radius 1 is 0.970 bits per heavy atom. The maximum Gasteiger partial charge on any atom is 0.408 e. The van der Waals surface area contributed by atoms with E-state index in [1.54, 1.807) is 0 Å². The second-order valence-corrected chi connectivity index (χ2v) is 22.1. The monoisotopic (exact) mass is 989 g/mol. The summed E-state index contributed by atoms with van der Waals surface area (Å²) >= 11 is 6.54. The van der Waals surface area contributed by atoms with E-state index in [2.05, 4.69) is 37.1 Å². The number of anilines is 1. The number of sulfonamides is 1. The molecule has 3 atom stereocenters. The van der Waals surface area contributed by atoms with E-state index >= 15 is 8.78 Å². The lowest BCUT2D eigenvalue weighted by Crippen LogP contribution is -2.35. The van der Waals surface area contributed by atoms with Crippen molar-refractivity contribution in [2.45, 2.75) is 100 Å². The highest BCUT2D eigenvalue weighted by Crippen LogP contribution is 2.68. The fraction of sp³-hybridized carbons (Fsp3) is 0.429. The van der Waals surface area contributed by atoms with Crippen molar-refractivity contribution in [1.82, 2.24) is 29.9 Å². The average molecular weight is 990 g/mol. The Kier molecular flexibility index (Phi) is 11.8. The van der Waals surface area contributed by atoms with Crippen molar-refractivity contribution in [3.8, 4) is 23.0 Å². The summed E-state index contributed by atoms with van der Waals surface area (Å²) in [4.78, 5) is 18.7. The van der Waals surface area contributed by atoms with E-state index in [0.29, 0.717) is 28.3 Å². The van der Waals surface area contributed by atoms with Gasteiger partial charge in [0.25, 0.3) is 12.3 Å². The van der Waals surface area contributed by atoms with Crippen LogP contribution in [0.25, 0.3) is 22.0 Å². The number of hydrogen-bond donors (Lipinski definition) is 2. The van der Waals surface area contributed by atoms with Gasteiger partial charge in [-0.1, -0.05) is 23.6 Å². The molecule has 0 saturated heterocycles. The third kappa shape index (κ3) is 8.94. The summed E-state index contributed by atoms with van der Waals surface area (Å²) in [5.74, 6) is -4.76. The van der Waals surface area contributed by atoms with E-state index in [1.165, 1.54) is 45.0 Å². The summed E-state index contributed by atoms with van der Waals surface area (Å²) in [6.07, 6.45) is -8.00. The molecule has 0 unspecified atom stereocenters. The van der Waals surface area contributed by atoms with Crippen molar-refractivity contribution >= 4 is 54.1 Å². The summed E-state index contributed by atoms with van der Waals surface area (Å²) in [6, 6.07) is 5.72. The minimum atomic E-state index is -4.96. The molecule has 2 saturated carbocycles. The number of alkyl halides is 7. The second kappa shape index (κ2) is 16.5. The highest BCUT2D eigenvalue weighted by atomic mass is 35.5. The molecule has 0 bridgehead atoms. The number of pyridine rings is 1. The van der Waals surface area contributed by atoms with Crippen LogP contribution in [-0.4, -0.2) is 69.2 Å². The van der Waals surface area contributed by atoms with Crippen LogP contribution < -0.4 is 10.0 Å². The molecule has 66 heavy (non-hydrogen) atoms. The standard InChI is InChI=1S/C42H37ClF9N7O5S2/c1-4-65(61,62)57-39-33-29(43)10-9-26(36(33)59(56-39)19-41(48,49)50)25-8-5-23(11-12-40(2,3)66(63,64)24-6-7-24)53-34(25)30(15-20-13-21(44)16-22(45)14-20)54-31(60)18-58-37-32(35(55-58)38(46)47)27-17-28(27)42(37,51)52/h5,8-10,13-14,16,24,27-28,30,38H,4,6-7,15,17-19H2,1-3H3,(H,54,60)(H,56,57)/t27-,28+,30-/m0/s1. The van der Waals surface area contributed by atoms with Gasteiger partial charge in [-0.2, -0.15) is 32.1 Å². The number of carbonyl (C=O) groups excluding carboxylic acids is 1. The van der Waals surface area contributed by atoms with Gasteiger partial charge >= 0.3 is 6.18 Å². The summed E-state index contributed by atoms with van der Waals surface area (Å²) in [5.41, 5.74) is -3.44. The van der Waals surface area contributed by atoms with Crippen molar-refractivity contribution in [3.63, 3.8) is 0 Å². The van der Waals surface area contributed by atoms with E-state index in [0.717, 1.165) is 12.1 Å². The van der Waals surface area contributed by atoms with Crippen LogP contribution in [0.15, 0.2) is 42.5 Å². The topological polar surface area (TPSA) is 158 Å². The molecule has 12 nitrogen and oxygen atoms in total. The van der Waals surface area contributed by atoms with Crippen LogP contribution in [0.5, 0.6) is 0 Å². The molecule has 5 aromatic rings. The molecule has 24 heteroatoms.